The van der Waals surface area contributed by atoms with Crippen molar-refractivity contribution in [2.24, 2.45) is 46.3 Å². The van der Waals surface area contributed by atoms with Crippen molar-refractivity contribution in [1.29, 1.82) is 0 Å². The zero-order valence-corrected chi connectivity index (χ0v) is 30.4. The van der Waals surface area contributed by atoms with Gasteiger partial charge in [-0.15, -0.1) is 0 Å². The largest absolute Gasteiger partial charge is 0.469 e. The number of methoxy groups -OCH3 is 1. The number of nitrogens with one attached hydrogen (secondary N) is 1. The Morgan fingerprint density at radius 3 is 2.49 bits per heavy atom. The maximum atomic E-state index is 13.0. The third-order valence-electron chi connectivity index (χ3n) is 14.1. The van der Waals surface area contributed by atoms with Gasteiger partial charge in [-0.3, -0.25) is 19.3 Å². The molecule has 2 heterocycles. The number of ether oxygens (including phenoxy) is 2. The number of thioether (sulfide) groups is 1. The molecule has 0 aromatic carbocycles. The Balaban J connectivity index is 1.00. The maximum absolute atomic E-state index is 13.0. The molecule has 9 atom stereocenters. The molecule has 0 bridgehead atoms. The highest BCUT2D eigenvalue weighted by atomic mass is 32.2. The van der Waals surface area contributed by atoms with Gasteiger partial charge in [0.15, 0.2) is 5.16 Å². The van der Waals surface area contributed by atoms with Gasteiger partial charge in [-0.2, -0.15) is 0 Å². The molecule has 1 aromatic rings. The average Bonchev–Trinajstić information content (AvgIpc) is 3.42. The fourth-order valence-corrected chi connectivity index (χ4v) is 12.2. The van der Waals surface area contributed by atoms with Gasteiger partial charge in [0.1, 0.15) is 6.10 Å². The lowest BCUT2D eigenvalue weighted by atomic mass is 9.44. The first-order valence-corrected chi connectivity index (χ1v) is 19.7. The average molecular weight is 670 g/mol. The van der Waals surface area contributed by atoms with Crippen LogP contribution in [0.2, 0.25) is 0 Å². The number of piperidine rings is 1. The first-order chi connectivity index (χ1) is 22.5. The van der Waals surface area contributed by atoms with Crippen LogP contribution in [0.3, 0.4) is 0 Å². The lowest BCUT2D eigenvalue weighted by molar-refractivity contribution is -0.160. The molecule has 0 radical (unpaired) electrons. The first kappa shape index (κ1) is 35.0. The number of rotatable bonds is 10. The number of carbonyl (C=O) groups excluding carboxylic acids is 2. The van der Waals surface area contributed by atoms with E-state index in [1.807, 2.05) is 6.92 Å². The third-order valence-corrected chi connectivity index (χ3v) is 14.9. The van der Waals surface area contributed by atoms with Crippen molar-refractivity contribution in [3.63, 3.8) is 0 Å². The highest BCUT2D eigenvalue weighted by Crippen LogP contribution is 2.68. The first-order valence-electron chi connectivity index (χ1n) is 18.7. The summed E-state index contributed by atoms with van der Waals surface area (Å²) in [6.07, 6.45) is 15.9. The Hall–Kier alpha value is -1.87. The van der Waals surface area contributed by atoms with Crippen LogP contribution < -0.4 is 5.56 Å². The maximum Gasteiger partial charge on any atom is 0.316 e. The molecule has 4 aliphatic carbocycles. The minimum Gasteiger partial charge on any atom is -0.469 e. The van der Waals surface area contributed by atoms with Crippen LogP contribution in [0.4, 0.5) is 0 Å². The summed E-state index contributed by atoms with van der Waals surface area (Å²) in [6, 6.07) is 0. The predicted molar refractivity (Wildman–Crippen MR) is 185 cm³/mol. The Morgan fingerprint density at radius 2 is 1.74 bits per heavy atom. The second-order valence-corrected chi connectivity index (χ2v) is 17.4. The standard InChI is InChI=1S/C38H59N3O5S/c1-24(9-14-33(42)45-5)30-12-13-31-28-11-10-26-21-27(15-17-37(26,3)32(28)16-18-38(30,31)4)46-34(43)23-47-36-39-25(2)29(35(44)40-36)22-41-19-7-6-8-20-41/h24,26-28,30-32H,6-23H2,1-5H3,(H,39,40,44)/t24-,26+,27-,28+,30-,31+,32+,37+,38-/m1/s1. The number of hydrogen-bond acceptors (Lipinski definition) is 8. The molecule has 262 valence electrons. The smallest absolute Gasteiger partial charge is 0.316 e. The van der Waals surface area contributed by atoms with E-state index < -0.39 is 0 Å². The summed E-state index contributed by atoms with van der Waals surface area (Å²) in [5, 5.41) is 0.498. The summed E-state index contributed by atoms with van der Waals surface area (Å²) in [4.78, 5) is 47.6. The Morgan fingerprint density at radius 1 is 1.00 bits per heavy atom. The van der Waals surface area contributed by atoms with Gasteiger partial charge in [-0.05, 0) is 143 Å². The molecule has 1 saturated heterocycles. The van der Waals surface area contributed by atoms with E-state index in [1.165, 1.54) is 76.7 Å². The van der Waals surface area contributed by atoms with Crippen LogP contribution in [0.1, 0.15) is 122 Å². The van der Waals surface area contributed by atoms with E-state index in [-0.39, 0.29) is 29.4 Å². The molecular weight excluding hydrogens is 611 g/mol. The van der Waals surface area contributed by atoms with Crippen LogP contribution in [-0.4, -0.2) is 58.9 Å². The van der Waals surface area contributed by atoms with Gasteiger partial charge in [-0.1, -0.05) is 39.0 Å². The molecule has 0 amide bonds. The number of aromatic nitrogens is 2. The van der Waals surface area contributed by atoms with E-state index >= 15 is 0 Å². The topological polar surface area (TPSA) is 102 Å². The molecule has 1 N–H and O–H groups in total. The fraction of sp³-hybridized carbons (Fsp3) is 0.842. The molecule has 1 aromatic heterocycles. The second kappa shape index (κ2) is 14.5. The number of carbonyl (C=O) groups is 2. The normalized spacial score (nSPS) is 36.1. The number of hydrogen-bond donors (Lipinski definition) is 1. The van der Waals surface area contributed by atoms with Gasteiger partial charge >= 0.3 is 11.9 Å². The van der Waals surface area contributed by atoms with Crippen LogP contribution in [-0.2, 0) is 25.6 Å². The SMILES string of the molecule is COC(=O)CC[C@@H](C)[C@H]1CC[C@H]2[C@@H]3CC[C@H]4C[C@H](OC(=O)CSc5nc(C)c(CN6CCCCC6)c(=O)[nH]5)CC[C@]4(C)[C@H]3CC[C@]12C. The van der Waals surface area contributed by atoms with Crippen molar-refractivity contribution in [3.05, 3.63) is 21.6 Å². The minimum atomic E-state index is -0.207. The van der Waals surface area contributed by atoms with E-state index in [0.717, 1.165) is 67.8 Å². The van der Waals surface area contributed by atoms with Crippen molar-refractivity contribution >= 4 is 23.7 Å². The van der Waals surface area contributed by atoms with Crippen molar-refractivity contribution in [2.75, 3.05) is 26.0 Å². The van der Waals surface area contributed by atoms with E-state index in [9.17, 15) is 14.4 Å². The summed E-state index contributed by atoms with van der Waals surface area (Å²) in [6.45, 7) is 12.1. The summed E-state index contributed by atoms with van der Waals surface area (Å²) in [5.41, 5.74) is 2.11. The number of aromatic amines is 1. The number of likely N-dealkylation sites (tertiary alicyclic amines) is 1. The Bertz CT molecular complexity index is 1340. The van der Waals surface area contributed by atoms with Gasteiger partial charge in [0, 0.05) is 13.0 Å². The van der Waals surface area contributed by atoms with Gasteiger partial charge in [0.2, 0.25) is 0 Å². The molecule has 8 nitrogen and oxygen atoms in total. The Kier molecular flexibility index (Phi) is 10.8. The van der Waals surface area contributed by atoms with E-state index in [0.29, 0.717) is 46.7 Å². The monoisotopic (exact) mass is 669 g/mol. The summed E-state index contributed by atoms with van der Waals surface area (Å²) in [7, 11) is 1.49. The highest BCUT2D eigenvalue weighted by molar-refractivity contribution is 7.99. The Labute approximate surface area is 286 Å². The van der Waals surface area contributed by atoms with Gasteiger partial charge in [0.25, 0.3) is 5.56 Å². The molecule has 5 fully saturated rings. The summed E-state index contributed by atoms with van der Waals surface area (Å²) in [5.74, 6) is 4.09. The molecule has 1 aliphatic heterocycles. The molecule has 9 heteroatoms. The molecule has 47 heavy (non-hydrogen) atoms. The summed E-state index contributed by atoms with van der Waals surface area (Å²) < 4.78 is 11.0. The lowest BCUT2D eigenvalue weighted by Gasteiger charge is -2.61. The number of nitrogens with zero attached hydrogens (tertiary/aromatic N) is 2. The molecule has 4 saturated carbocycles. The predicted octanol–water partition coefficient (Wildman–Crippen LogP) is 7.32. The molecule has 6 rings (SSSR count). The van der Waals surface area contributed by atoms with Gasteiger partial charge in [0.05, 0.1) is 24.1 Å². The zero-order chi connectivity index (χ0) is 33.3. The fourth-order valence-electron chi connectivity index (χ4n) is 11.5. The lowest BCUT2D eigenvalue weighted by Crippen LogP contribution is -2.54. The number of aryl methyl sites for hydroxylation is 1. The molecule has 5 aliphatic rings. The molecule has 0 unspecified atom stereocenters. The minimum absolute atomic E-state index is 0.0150. The van der Waals surface area contributed by atoms with Gasteiger partial charge in [-0.25, -0.2) is 4.98 Å². The van der Waals surface area contributed by atoms with E-state index in [2.05, 4.69) is 35.6 Å². The molecular formula is C38H59N3O5S. The van der Waals surface area contributed by atoms with E-state index in [1.54, 1.807) is 0 Å². The second-order valence-electron chi connectivity index (χ2n) is 16.4. The zero-order valence-electron chi connectivity index (χ0n) is 29.6. The number of esters is 2. The van der Waals surface area contributed by atoms with Crippen LogP contribution in [0, 0.1) is 53.3 Å². The van der Waals surface area contributed by atoms with Crippen LogP contribution >= 0.6 is 11.8 Å². The van der Waals surface area contributed by atoms with Gasteiger partial charge < -0.3 is 14.5 Å². The quantitative estimate of drug-likeness (QED) is 0.157. The number of fused-ring (bicyclic) bond motifs is 5. The van der Waals surface area contributed by atoms with Crippen molar-refractivity contribution in [1.82, 2.24) is 14.9 Å². The van der Waals surface area contributed by atoms with Crippen molar-refractivity contribution < 1.29 is 19.1 Å². The van der Waals surface area contributed by atoms with Crippen molar-refractivity contribution in [3.8, 4) is 0 Å². The highest BCUT2D eigenvalue weighted by Gasteiger charge is 2.60. The van der Waals surface area contributed by atoms with E-state index in [4.69, 9.17) is 9.47 Å². The third kappa shape index (κ3) is 7.22. The van der Waals surface area contributed by atoms with Crippen molar-refractivity contribution in [2.45, 2.75) is 135 Å². The van der Waals surface area contributed by atoms with Crippen LogP contribution in [0.15, 0.2) is 9.95 Å². The van der Waals surface area contributed by atoms with Crippen LogP contribution in [0.25, 0.3) is 0 Å². The summed E-state index contributed by atoms with van der Waals surface area (Å²) >= 11 is 1.28. The molecule has 0 spiro atoms. The number of H-pyrrole nitrogens is 1. The van der Waals surface area contributed by atoms with Crippen LogP contribution in [0.5, 0.6) is 0 Å².